The molecule has 6 nitrogen and oxygen atoms in total. The number of amides is 4. The predicted octanol–water partition coefficient (Wildman–Crippen LogP) is -0.699. The molecule has 0 radical (unpaired) electrons. The first-order valence-electron chi connectivity index (χ1n) is 3.95. The van der Waals surface area contributed by atoms with Crippen molar-refractivity contribution in [1.82, 2.24) is 15.5 Å². The lowest BCUT2D eigenvalue weighted by Gasteiger charge is -2.22. The van der Waals surface area contributed by atoms with E-state index in [0.29, 0.717) is 4.32 Å². The van der Waals surface area contributed by atoms with E-state index in [1.165, 1.54) is 0 Å². The molecule has 1 fully saturated rings. The lowest BCUT2D eigenvalue weighted by atomic mass is 10.3. The lowest BCUT2D eigenvalue weighted by Crippen LogP contribution is -2.57. The number of thiocarbonyl (C=S) groups is 1. The highest BCUT2D eigenvalue weighted by atomic mass is 32.2. The summed E-state index contributed by atoms with van der Waals surface area (Å²) in [7, 11) is 3.41. The van der Waals surface area contributed by atoms with Gasteiger partial charge in [-0.1, -0.05) is 24.0 Å². The van der Waals surface area contributed by atoms with E-state index in [-0.39, 0.29) is 0 Å². The van der Waals surface area contributed by atoms with Gasteiger partial charge in [0.05, 0.1) is 0 Å². The van der Waals surface area contributed by atoms with Crippen LogP contribution in [0.15, 0.2) is 0 Å². The van der Waals surface area contributed by atoms with E-state index in [4.69, 9.17) is 12.2 Å². The fraction of sp³-hybridized carbons (Fsp3) is 0.429. The van der Waals surface area contributed by atoms with Gasteiger partial charge in [-0.3, -0.25) is 20.2 Å². The topological polar surface area (TPSA) is 78.5 Å². The third-order valence-electron chi connectivity index (χ3n) is 1.53. The molecule has 0 aromatic heterocycles. The van der Waals surface area contributed by atoms with Gasteiger partial charge < -0.3 is 4.90 Å². The van der Waals surface area contributed by atoms with Crippen LogP contribution in [0, 0.1) is 0 Å². The summed E-state index contributed by atoms with van der Waals surface area (Å²) in [4.78, 5) is 34.9. The highest BCUT2D eigenvalue weighted by Gasteiger charge is 2.35. The molecule has 1 aliphatic heterocycles. The highest BCUT2D eigenvalue weighted by Crippen LogP contribution is 2.17. The Kier molecular flexibility index (Phi) is 3.64. The maximum absolute atomic E-state index is 11.3. The predicted molar refractivity (Wildman–Crippen MR) is 59.3 cm³/mol. The minimum atomic E-state index is -1.00. The van der Waals surface area contributed by atoms with Crippen LogP contribution in [-0.4, -0.2) is 46.4 Å². The van der Waals surface area contributed by atoms with Gasteiger partial charge in [0.15, 0.2) is 5.25 Å². The van der Waals surface area contributed by atoms with Crippen LogP contribution >= 0.6 is 24.0 Å². The molecule has 0 saturated carbocycles. The summed E-state index contributed by atoms with van der Waals surface area (Å²) in [5.74, 6) is -1.28. The molecule has 0 bridgehead atoms. The first-order chi connectivity index (χ1) is 6.91. The Morgan fingerprint density at radius 3 is 2.13 bits per heavy atom. The van der Waals surface area contributed by atoms with Gasteiger partial charge in [0, 0.05) is 14.1 Å². The van der Waals surface area contributed by atoms with E-state index in [1.54, 1.807) is 19.0 Å². The van der Waals surface area contributed by atoms with Crippen LogP contribution in [0.1, 0.15) is 0 Å². The Bertz CT molecular complexity index is 322. The number of nitrogens with one attached hydrogen (secondary N) is 2. The molecule has 1 saturated heterocycles. The Balaban J connectivity index is 2.69. The van der Waals surface area contributed by atoms with Crippen molar-refractivity contribution in [1.29, 1.82) is 0 Å². The Morgan fingerprint density at radius 2 is 1.73 bits per heavy atom. The van der Waals surface area contributed by atoms with Gasteiger partial charge in [-0.2, -0.15) is 0 Å². The molecule has 1 rings (SSSR count). The van der Waals surface area contributed by atoms with Gasteiger partial charge in [0.1, 0.15) is 4.32 Å². The molecule has 1 heterocycles. The zero-order valence-electron chi connectivity index (χ0n) is 8.07. The standard InChI is InChI=1S/C7H9N3O3S2/c1-10(2)7(14)15-3-4(11)8-6(13)9-5(3)12/h3H,1-2H3,(H2,8,9,11,12,13). The van der Waals surface area contributed by atoms with E-state index in [0.717, 1.165) is 11.8 Å². The summed E-state index contributed by atoms with van der Waals surface area (Å²) in [5.41, 5.74) is 0. The normalized spacial score (nSPS) is 17.1. The van der Waals surface area contributed by atoms with Crippen molar-refractivity contribution in [2.24, 2.45) is 0 Å². The number of carbonyl (C=O) groups is 3. The number of carbonyl (C=O) groups excluding carboxylic acids is 3. The molecule has 0 aromatic carbocycles. The zero-order valence-corrected chi connectivity index (χ0v) is 9.70. The third-order valence-corrected chi connectivity index (χ3v) is 3.42. The summed E-state index contributed by atoms with van der Waals surface area (Å²) in [5, 5.41) is 2.99. The van der Waals surface area contributed by atoms with Gasteiger partial charge in [-0.15, -0.1) is 0 Å². The van der Waals surface area contributed by atoms with E-state index in [9.17, 15) is 14.4 Å². The van der Waals surface area contributed by atoms with Crippen molar-refractivity contribution in [2.45, 2.75) is 5.25 Å². The van der Waals surface area contributed by atoms with Crippen molar-refractivity contribution >= 4 is 46.1 Å². The number of imide groups is 2. The van der Waals surface area contributed by atoms with Crippen LogP contribution in [0.4, 0.5) is 4.79 Å². The number of rotatable bonds is 1. The van der Waals surface area contributed by atoms with Gasteiger partial charge in [0.25, 0.3) is 11.8 Å². The monoisotopic (exact) mass is 247 g/mol. The molecule has 0 spiro atoms. The third kappa shape index (κ3) is 2.90. The van der Waals surface area contributed by atoms with E-state index >= 15 is 0 Å². The first kappa shape index (κ1) is 11.9. The molecule has 1 aliphatic rings. The molecule has 0 unspecified atom stereocenters. The molecule has 15 heavy (non-hydrogen) atoms. The Hall–Kier alpha value is -1.15. The number of barbiturate groups is 1. The van der Waals surface area contributed by atoms with Gasteiger partial charge in [-0.05, 0) is 0 Å². The van der Waals surface area contributed by atoms with E-state index in [2.05, 4.69) is 0 Å². The Labute approximate surface area is 95.7 Å². The summed E-state index contributed by atoms with van der Waals surface area (Å²) < 4.78 is 0.402. The average molecular weight is 247 g/mol. The fourth-order valence-corrected chi connectivity index (χ4v) is 1.85. The largest absolute Gasteiger partial charge is 0.364 e. The maximum atomic E-state index is 11.3. The first-order valence-corrected chi connectivity index (χ1v) is 5.24. The van der Waals surface area contributed by atoms with Crippen LogP contribution in [0.2, 0.25) is 0 Å². The maximum Gasteiger partial charge on any atom is 0.328 e. The summed E-state index contributed by atoms with van der Waals surface area (Å²) in [6.07, 6.45) is 0. The van der Waals surface area contributed by atoms with Crippen LogP contribution in [0.25, 0.3) is 0 Å². The van der Waals surface area contributed by atoms with Crippen molar-refractivity contribution < 1.29 is 14.4 Å². The fourth-order valence-electron chi connectivity index (χ4n) is 0.818. The van der Waals surface area contributed by atoms with Crippen LogP contribution < -0.4 is 10.6 Å². The average Bonchev–Trinajstić information content (AvgIpc) is 2.10. The quantitative estimate of drug-likeness (QED) is 0.471. The molecule has 8 heteroatoms. The molecule has 0 aliphatic carbocycles. The number of hydrogen-bond donors (Lipinski definition) is 2. The molecule has 2 N–H and O–H groups in total. The van der Waals surface area contributed by atoms with Gasteiger partial charge in [-0.25, -0.2) is 4.79 Å². The molecular weight excluding hydrogens is 238 g/mol. The number of hydrogen-bond acceptors (Lipinski definition) is 5. The second kappa shape index (κ2) is 4.58. The smallest absolute Gasteiger partial charge is 0.328 e. The van der Waals surface area contributed by atoms with Crippen LogP contribution in [0.3, 0.4) is 0 Å². The summed E-state index contributed by atoms with van der Waals surface area (Å²) in [6, 6.07) is -0.794. The second-order valence-electron chi connectivity index (χ2n) is 2.97. The zero-order chi connectivity index (χ0) is 11.6. The molecule has 82 valence electrons. The number of nitrogens with zero attached hydrogens (tertiary/aromatic N) is 1. The van der Waals surface area contributed by atoms with E-state index < -0.39 is 23.1 Å². The Morgan fingerprint density at radius 1 is 1.27 bits per heavy atom. The molecule has 0 atom stereocenters. The summed E-state index contributed by atoms with van der Waals surface area (Å²) >= 11 is 5.87. The van der Waals surface area contributed by atoms with Crippen LogP contribution in [-0.2, 0) is 9.59 Å². The van der Waals surface area contributed by atoms with Gasteiger partial charge in [0.2, 0.25) is 0 Å². The summed E-state index contributed by atoms with van der Waals surface area (Å²) in [6.45, 7) is 0. The number of urea groups is 1. The number of thioether (sulfide) groups is 1. The second-order valence-corrected chi connectivity index (χ2v) is 4.70. The molecule has 4 amide bonds. The highest BCUT2D eigenvalue weighted by molar-refractivity contribution is 8.24. The van der Waals surface area contributed by atoms with Crippen molar-refractivity contribution in [2.75, 3.05) is 14.1 Å². The van der Waals surface area contributed by atoms with Crippen LogP contribution in [0.5, 0.6) is 0 Å². The lowest BCUT2D eigenvalue weighted by molar-refractivity contribution is -0.128. The molecular formula is C7H9N3O3S2. The van der Waals surface area contributed by atoms with Crippen molar-refractivity contribution in [3.05, 3.63) is 0 Å². The SMILES string of the molecule is CN(C)C(=S)SC1C(=O)NC(=O)NC1=O. The van der Waals surface area contributed by atoms with E-state index in [1.807, 2.05) is 10.6 Å². The molecule has 0 aromatic rings. The van der Waals surface area contributed by atoms with Gasteiger partial charge >= 0.3 is 6.03 Å². The van der Waals surface area contributed by atoms with Crippen molar-refractivity contribution in [3.63, 3.8) is 0 Å². The van der Waals surface area contributed by atoms with Crippen molar-refractivity contribution in [3.8, 4) is 0 Å². The minimum absolute atomic E-state index is 0.402. The minimum Gasteiger partial charge on any atom is -0.364 e.